The van der Waals surface area contributed by atoms with Gasteiger partial charge in [0.2, 0.25) is 0 Å². The maximum Gasteiger partial charge on any atom is 0.271 e. The molecule has 4 rings (SSSR count). The first-order valence-corrected chi connectivity index (χ1v) is 10.1. The molecule has 0 aliphatic carbocycles. The average molecular weight is 401 g/mol. The number of rotatable bonds is 5. The van der Waals surface area contributed by atoms with E-state index >= 15 is 0 Å². The van der Waals surface area contributed by atoms with Crippen LogP contribution in [0.25, 0.3) is 0 Å². The van der Waals surface area contributed by atoms with E-state index in [1.54, 1.807) is 18.3 Å². The highest BCUT2D eigenvalue weighted by Gasteiger charge is 2.20. The molecule has 3 aromatic rings. The Balaban J connectivity index is 1.39. The molecule has 1 N–H and O–H groups in total. The summed E-state index contributed by atoms with van der Waals surface area (Å²) >= 11 is 0. The Kier molecular flexibility index (Phi) is 5.61. The summed E-state index contributed by atoms with van der Waals surface area (Å²) in [5.41, 5.74) is 8.61. The lowest BCUT2D eigenvalue weighted by atomic mass is 10.0. The zero-order valence-electron chi connectivity index (χ0n) is 17.1. The number of anilines is 1. The van der Waals surface area contributed by atoms with Gasteiger partial charge in [0.1, 0.15) is 5.82 Å². The Morgan fingerprint density at radius 1 is 1.00 bits per heavy atom. The first-order chi connectivity index (χ1) is 14.5. The maximum absolute atomic E-state index is 13.2. The van der Waals surface area contributed by atoms with Gasteiger partial charge in [-0.15, -0.1) is 0 Å². The molecule has 1 heterocycles. The van der Waals surface area contributed by atoms with Crippen LogP contribution in [0, 0.1) is 5.82 Å². The van der Waals surface area contributed by atoms with Crippen molar-refractivity contribution in [1.82, 2.24) is 5.43 Å². The largest absolute Gasteiger partial charge is 0.363 e. The van der Waals surface area contributed by atoms with Gasteiger partial charge >= 0.3 is 0 Å². The predicted octanol–water partition coefficient (Wildman–Crippen LogP) is 5.23. The second kappa shape index (κ2) is 8.49. The number of halogens is 1. The van der Waals surface area contributed by atoms with Crippen LogP contribution in [0.5, 0.6) is 0 Å². The quantitative estimate of drug-likeness (QED) is 0.470. The molecule has 1 aliphatic heterocycles. The summed E-state index contributed by atoms with van der Waals surface area (Å²) in [5, 5.41) is 4.09. The third-order valence-electron chi connectivity index (χ3n) is 5.37. The van der Waals surface area contributed by atoms with Gasteiger partial charge in [0, 0.05) is 24.3 Å². The zero-order valence-corrected chi connectivity index (χ0v) is 17.1. The molecular formula is C25H24FN3O. The van der Waals surface area contributed by atoms with E-state index in [0.29, 0.717) is 18.0 Å². The molecule has 4 nitrogen and oxygen atoms in total. The molecule has 0 saturated carbocycles. The maximum atomic E-state index is 13.2. The van der Waals surface area contributed by atoms with Gasteiger partial charge in [-0.2, -0.15) is 5.10 Å². The summed E-state index contributed by atoms with van der Waals surface area (Å²) in [6, 6.07) is 20.3. The molecule has 30 heavy (non-hydrogen) atoms. The van der Waals surface area contributed by atoms with E-state index < -0.39 is 0 Å². The third kappa shape index (κ3) is 4.40. The van der Waals surface area contributed by atoms with Crippen LogP contribution in [0.4, 0.5) is 10.1 Å². The van der Waals surface area contributed by atoms with Crippen LogP contribution in [-0.2, 0) is 13.1 Å². The highest BCUT2D eigenvalue weighted by atomic mass is 19.1. The second-order valence-electron chi connectivity index (χ2n) is 7.84. The van der Waals surface area contributed by atoms with Crippen molar-refractivity contribution in [3.8, 4) is 0 Å². The van der Waals surface area contributed by atoms with Crippen molar-refractivity contribution in [2.75, 3.05) is 4.90 Å². The van der Waals surface area contributed by atoms with Crippen LogP contribution in [-0.4, -0.2) is 12.1 Å². The van der Waals surface area contributed by atoms with Gasteiger partial charge in [-0.05, 0) is 64.6 Å². The Labute approximate surface area is 176 Å². The first kappa shape index (κ1) is 19.8. The summed E-state index contributed by atoms with van der Waals surface area (Å²) in [6.45, 7) is 5.73. The van der Waals surface area contributed by atoms with E-state index in [0.717, 1.165) is 23.4 Å². The topological polar surface area (TPSA) is 44.7 Å². The summed E-state index contributed by atoms with van der Waals surface area (Å²) in [4.78, 5) is 14.6. The van der Waals surface area contributed by atoms with Crippen molar-refractivity contribution in [3.63, 3.8) is 0 Å². The molecule has 0 saturated heterocycles. The fourth-order valence-corrected chi connectivity index (χ4v) is 3.57. The summed E-state index contributed by atoms with van der Waals surface area (Å²) in [5.74, 6) is -0.00611. The lowest BCUT2D eigenvalue weighted by Crippen LogP contribution is -2.18. The van der Waals surface area contributed by atoms with Crippen molar-refractivity contribution < 1.29 is 9.18 Å². The van der Waals surface area contributed by atoms with Crippen molar-refractivity contribution in [2.24, 2.45) is 5.10 Å². The fraction of sp³-hybridized carbons (Fsp3) is 0.200. The molecule has 0 unspecified atom stereocenters. The zero-order chi connectivity index (χ0) is 21.1. The standard InChI is InChI=1S/C25H24FN3O/c1-17(2)19-5-3-18(4-6-19)14-27-28-25(30)20-7-8-21-15-29(16-22(21)13-20)24-11-9-23(26)10-12-24/h3-14,17H,15-16H2,1-2H3,(H,28,30)/b27-14+. The molecule has 0 aromatic heterocycles. The highest BCUT2D eigenvalue weighted by molar-refractivity contribution is 5.95. The molecule has 1 aliphatic rings. The number of carbonyl (C=O) groups excluding carboxylic acids is 1. The van der Waals surface area contributed by atoms with Crippen molar-refractivity contribution in [1.29, 1.82) is 0 Å². The minimum atomic E-state index is -0.245. The van der Waals surface area contributed by atoms with Gasteiger partial charge in [-0.25, -0.2) is 9.82 Å². The SMILES string of the molecule is CC(C)c1ccc(/C=N/NC(=O)c2ccc3c(c2)CN(c2ccc(F)cc2)C3)cc1. The number of nitrogens with zero attached hydrogens (tertiary/aromatic N) is 2. The summed E-state index contributed by atoms with van der Waals surface area (Å²) in [7, 11) is 0. The molecule has 1 amide bonds. The van der Waals surface area contributed by atoms with Crippen molar-refractivity contribution in [3.05, 3.63) is 100 Å². The highest BCUT2D eigenvalue weighted by Crippen LogP contribution is 2.29. The number of carbonyl (C=O) groups is 1. The number of hydrogen-bond donors (Lipinski definition) is 1. The molecule has 0 bridgehead atoms. The molecule has 152 valence electrons. The van der Waals surface area contributed by atoms with Gasteiger partial charge < -0.3 is 4.90 Å². The van der Waals surface area contributed by atoms with E-state index in [1.807, 2.05) is 30.3 Å². The molecule has 0 fully saturated rings. The van der Waals surface area contributed by atoms with Gasteiger partial charge in [-0.1, -0.05) is 44.2 Å². The van der Waals surface area contributed by atoms with Crippen LogP contribution >= 0.6 is 0 Å². The van der Waals surface area contributed by atoms with Gasteiger partial charge in [0.15, 0.2) is 0 Å². The van der Waals surface area contributed by atoms with Gasteiger partial charge in [0.05, 0.1) is 6.21 Å². The number of nitrogens with one attached hydrogen (secondary N) is 1. The van der Waals surface area contributed by atoms with E-state index in [1.165, 1.54) is 23.3 Å². The van der Waals surface area contributed by atoms with E-state index in [9.17, 15) is 9.18 Å². The Morgan fingerprint density at radius 3 is 2.40 bits per heavy atom. The van der Waals surface area contributed by atoms with Crippen molar-refractivity contribution in [2.45, 2.75) is 32.9 Å². The molecule has 3 aromatic carbocycles. The van der Waals surface area contributed by atoms with Crippen LogP contribution < -0.4 is 10.3 Å². The summed E-state index contributed by atoms with van der Waals surface area (Å²) < 4.78 is 13.2. The van der Waals surface area contributed by atoms with E-state index in [4.69, 9.17) is 0 Å². The Bertz CT molecular complexity index is 1070. The van der Waals surface area contributed by atoms with Crippen LogP contribution in [0.1, 0.15) is 52.4 Å². The Hall–Kier alpha value is -3.47. The molecular weight excluding hydrogens is 377 g/mol. The smallest absolute Gasteiger partial charge is 0.271 e. The summed E-state index contributed by atoms with van der Waals surface area (Å²) in [6.07, 6.45) is 1.64. The molecule has 0 atom stereocenters. The number of fused-ring (bicyclic) bond motifs is 1. The van der Waals surface area contributed by atoms with Crippen LogP contribution in [0.15, 0.2) is 71.8 Å². The minimum Gasteiger partial charge on any atom is -0.363 e. The van der Waals surface area contributed by atoms with Gasteiger partial charge in [-0.3, -0.25) is 4.79 Å². The lowest BCUT2D eigenvalue weighted by molar-refractivity contribution is 0.0955. The normalized spacial score (nSPS) is 13.1. The minimum absolute atomic E-state index is 0.243. The predicted molar refractivity (Wildman–Crippen MR) is 118 cm³/mol. The first-order valence-electron chi connectivity index (χ1n) is 10.1. The van der Waals surface area contributed by atoms with Crippen molar-refractivity contribution >= 4 is 17.8 Å². The number of benzene rings is 3. The van der Waals surface area contributed by atoms with Gasteiger partial charge in [0.25, 0.3) is 5.91 Å². The van der Waals surface area contributed by atoms with Crippen LogP contribution in [0.2, 0.25) is 0 Å². The Morgan fingerprint density at radius 2 is 1.70 bits per heavy atom. The molecule has 0 spiro atoms. The fourth-order valence-electron chi connectivity index (χ4n) is 3.57. The number of hydrogen-bond acceptors (Lipinski definition) is 3. The molecule has 5 heteroatoms. The van der Waals surface area contributed by atoms with E-state index in [2.05, 4.69) is 41.4 Å². The third-order valence-corrected chi connectivity index (χ3v) is 5.37. The van der Waals surface area contributed by atoms with Crippen LogP contribution in [0.3, 0.4) is 0 Å². The lowest BCUT2D eigenvalue weighted by Gasteiger charge is -2.17. The van der Waals surface area contributed by atoms with E-state index in [-0.39, 0.29) is 11.7 Å². The molecule has 0 radical (unpaired) electrons. The number of hydrazone groups is 1. The second-order valence-corrected chi connectivity index (χ2v) is 7.84. The average Bonchev–Trinajstić information content (AvgIpc) is 3.18. The monoisotopic (exact) mass is 401 g/mol. The number of amides is 1.